The first-order valence-corrected chi connectivity index (χ1v) is 14.2. The lowest BCUT2D eigenvalue weighted by Crippen LogP contribution is -2.48. The first-order chi connectivity index (χ1) is 19.3. The zero-order valence-electron chi connectivity index (χ0n) is 22.8. The number of likely N-dealkylation sites (tertiary alicyclic amines) is 1. The van der Waals surface area contributed by atoms with Gasteiger partial charge in [0.25, 0.3) is 5.91 Å². The maximum absolute atomic E-state index is 13.4. The van der Waals surface area contributed by atoms with Crippen LogP contribution in [-0.2, 0) is 23.4 Å². The van der Waals surface area contributed by atoms with Gasteiger partial charge in [0.15, 0.2) is 0 Å². The van der Waals surface area contributed by atoms with E-state index in [1.165, 1.54) is 0 Å². The maximum atomic E-state index is 13.4. The first-order valence-electron chi connectivity index (χ1n) is 13.8. The van der Waals surface area contributed by atoms with E-state index in [4.69, 9.17) is 22.1 Å². The van der Waals surface area contributed by atoms with Crippen LogP contribution in [0.15, 0.2) is 66.7 Å². The third-order valence-corrected chi connectivity index (χ3v) is 8.13. The van der Waals surface area contributed by atoms with E-state index in [0.29, 0.717) is 48.5 Å². The second kappa shape index (κ2) is 13.3. The summed E-state index contributed by atoms with van der Waals surface area (Å²) in [4.78, 5) is 26.4. The van der Waals surface area contributed by atoms with Gasteiger partial charge in [-0.25, -0.2) is 4.79 Å². The monoisotopic (exact) mass is 564 g/mol. The minimum atomic E-state index is -1.36. The zero-order chi connectivity index (χ0) is 28.7. The van der Waals surface area contributed by atoms with Crippen molar-refractivity contribution in [3.05, 3.63) is 94.0 Å². The molecule has 7 nitrogen and oxygen atoms in total. The highest BCUT2D eigenvalue weighted by Crippen LogP contribution is 2.45. The number of primary amides is 1. The molecule has 0 aromatic heterocycles. The van der Waals surface area contributed by atoms with E-state index in [1.807, 2.05) is 30.3 Å². The summed E-state index contributed by atoms with van der Waals surface area (Å²) in [7, 11) is 0. The molecule has 0 bridgehead atoms. The number of benzene rings is 3. The summed E-state index contributed by atoms with van der Waals surface area (Å²) >= 11 is 6.81. The number of rotatable bonds is 10. The van der Waals surface area contributed by atoms with E-state index < -0.39 is 11.7 Å². The Morgan fingerprint density at radius 3 is 2.55 bits per heavy atom. The van der Waals surface area contributed by atoms with Crippen molar-refractivity contribution in [2.24, 2.45) is 11.7 Å². The van der Waals surface area contributed by atoms with Crippen LogP contribution in [0.3, 0.4) is 0 Å². The molecule has 4 rings (SSSR count). The summed E-state index contributed by atoms with van der Waals surface area (Å²) in [6.07, 6.45) is 2.12. The molecule has 40 heavy (non-hydrogen) atoms. The number of nitrogens with zero attached hydrogens (tertiary/aromatic N) is 1. The Hall–Kier alpha value is -3.39. The van der Waals surface area contributed by atoms with Crippen LogP contribution in [0, 0.1) is 5.92 Å². The molecule has 1 heterocycles. The summed E-state index contributed by atoms with van der Waals surface area (Å²) in [6, 6.07) is 20.6. The highest BCUT2D eigenvalue weighted by atomic mass is 35.5. The van der Waals surface area contributed by atoms with Crippen LogP contribution in [0.4, 0.5) is 4.79 Å². The van der Waals surface area contributed by atoms with Crippen LogP contribution in [-0.4, -0.2) is 46.8 Å². The number of carbonyl (C=O) groups is 2. The number of nitrogens with two attached hydrogens (primary N) is 1. The predicted molar refractivity (Wildman–Crippen MR) is 156 cm³/mol. The highest BCUT2D eigenvalue weighted by molar-refractivity contribution is 6.33. The van der Waals surface area contributed by atoms with E-state index in [-0.39, 0.29) is 25.0 Å². The molecule has 1 saturated heterocycles. The normalized spacial score (nSPS) is 16.8. The number of halogens is 1. The van der Waals surface area contributed by atoms with Gasteiger partial charge in [-0.3, -0.25) is 4.79 Å². The number of piperidine rings is 1. The molecule has 1 fully saturated rings. The first kappa shape index (κ1) is 29.6. The lowest BCUT2D eigenvalue weighted by Gasteiger charge is -2.43. The van der Waals surface area contributed by atoms with E-state index in [0.717, 1.165) is 35.1 Å². The van der Waals surface area contributed by atoms with Gasteiger partial charge in [-0.1, -0.05) is 67.1 Å². The number of hydrogen-bond acceptors (Lipinski definition) is 5. The third kappa shape index (κ3) is 6.66. The molecule has 0 aliphatic carbocycles. The van der Waals surface area contributed by atoms with Crippen molar-refractivity contribution in [1.29, 1.82) is 0 Å². The fraction of sp³-hybridized carbons (Fsp3) is 0.375. The molecular formula is C32H37ClN2O5. The number of aryl methyl sites for hydroxylation is 1. The van der Waals surface area contributed by atoms with E-state index in [1.54, 1.807) is 29.2 Å². The average molecular weight is 565 g/mol. The molecule has 0 radical (unpaired) electrons. The van der Waals surface area contributed by atoms with Gasteiger partial charge in [-0.15, -0.1) is 0 Å². The largest absolute Gasteiger partial charge is 0.450 e. The average Bonchev–Trinajstić information content (AvgIpc) is 2.98. The molecule has 3 aromatic carbocycles. The standard InChI is InChI=1S/C32H37ClN2O5/c1-2-22-7-3-8-25(19-22)29-27(10-4-11-28(29)33)32(39,16-6-18-40-31(34)38)26-9-5-17-35(20-26)30(37)24-14-12-23(21-36)13-15-24/h3-4,7-8,10-15,19,26,36,39H,2,5-6,9,16-18,20-21H2,1H3,(H2,34,38). The van der Waals surface area contributed by atoms with Crippen LogP contribution in [0.2, 0.25) is 5.02 Å². The minimum absolute atomic E-state index is 0.0748. The number of amides is 2. The molecule has 2 atom stereocenters. The molecule has 0 saturated carbocycles. The molecule has 3 aromatic rings. The van der Waals surface area contributed by atoms with Crippen LogP contribution >= 0.6 is 11.6 Å². The zero-order valence-corrected chi connectivity index (χ0v) is 23.6. The van der Waals surface area contributed by atoms with Gasteiger partial charge in [0.2, 0.25) is 0 Å². The van der Waals surface area contributed by atoms with Gasteiger partial charge >= 0.3 is 6.09 Å². The van der Waals surface area contributed by atoms with Crippen molar-refractivity contribution in [2.75, 3.05) is 19.7 Å². The van der Waals surface area contributed by atoms with E-state index in [9.17, 15) is 19.8 Å². The molecule has 4 N–H and O–H groups in total. The number of carbonyl (C=O) groups excluding carboxylic acids is 2. The molecule has 0 spiro atoms. The second-order valence-electron chi connectivity index (χ2n) is 10.4. The molecule has 1 aliphatic heterocycles. The van der Waals surface area contributed by atoms with Crippen molar-refractivity contribution in [1.82, 2.24) is 4.90 Å². The summed E-state index contributed by atoms with van der Waals surface area (Å²) in [5, 5.41) is 22.5. The Kier molecular flexibility index (Phi) is 9.85. The summed E-state index contributed by atoms with van der Waals surface area (Å²) < 4.78 is 4.98. The molecule has 2 unspecified atom stereocenters. The molecule has 1 aliphatic rings. The number of aliphatic hydroxyl groups excluding tert-OH is 1. The van der Waals surface area contributed by atoms with Crippen molar-refractivity contribution < 1.29 is 24.5 Å². The summed E-state index contributed by atoms with van der Waals surface area (Å²) in [5.74, 6) is -0.405. The Morgan fingerprint density at radius 2 is 1.85 bits per heavy atom. The maximum Gasteiger partial charge on any atom is 0.404 e. The number of ether oxygens (including phenoxy) is 1. The van der Waals surface area contributed by atoms with Crippen molar-refractivity contribution >= 4 is 23.6 Å². The molecular weight excluding hydrogens is 528 g/mol. The Bertz CT molecular complexity index is 1330. The fourth-order valence-corrected chi connectivity index (χ4v) is 5.97. The van der Waals surface area contributed by atoms with Crippen molar-refractivity contribution in [2.45, 2.75) is 51.2 Å². The number of hydrogen-bond donors (Lipinski definition) is 3. The molecule has 212 valence electrons. The minimum Gasteiger partial charge on any atom is -0.450 e. The smallest absolute Gasteiger partial charge is 0.404 e. The van der Waals surface area contributed by atoms with Gasteiger partial charge in [0, 0.05) is 35.2 Å². The Morgan fingerprint density at radius 1 is 1.10 bits per heavy atom. The second-order valence-corrected chi connectivity index (χ2v) is 10.8. The van der Waals surface area contributed by atoms with E-state index in [2.05, 4.69) is 19.1 Å². The van der Waals surface area contributed by atoms with Crippen molar-refractivity contribution in [3.8, 4) is 11.1 Å². The third-order valence-electron chi connectivity index (χ3n) is 7.82. The Labute approximate surface area is 240 Å². The summed E-state index contributed by atoms with van der Waals surface area (Å²) in [5.41, 5.74) is 8.62. The molecule has 2 amide bonds. The fourth-order valence-electron chi connectivity index (χ4n) is 5.68. The lowest BCUT2D eigenvalue weighted by atomic mass is 9.72. The Balaban J connectivity index is 1.71. The SMILES string of the molecule is CCc1cccc(-c2c(Cl)cccc2C(O)(CCCOC(N)=O)C2CCCN(C(=O)c3ccc(CO)cc3)C2)c1. The predicted octanol–water partition coefficient (Wildman–Crippen LogP) is 5.68. The van der Waals surface area contributed by atoms with Gasteiger partial charge in [0.1, 0.15) is 0 Å². The van der Waals surface area contributed by atoms with Crippen LogP contribution in [0.25, 0.3) is 11.1 Å². The van der Waals surface area contributed by atoms with Crippen molar-refractivity contribution in [3.63, 3.8) is 0 Å². The van der Waals surface area contributed by atoms with Crippen LogP contribution < -0.4 is 5.73 Å². The van der Waals surface area contributed by atoms with Gasteiger partial charge in [-0.05, 0) is 72.6 Å². The highest BCUT2D eigenvalue weighted by Gasteiger charge is 2.43. The quantitative estimate of drug-likeness (QED) is 0.274. The topological polar surface area (TPSA) is 113 Å². The number of aliphatic hydroxyl groups is 2. The van der Waals surface area contributed by atoms with E-state index >= 15 is 0 Å². The van der Waals surface area contributed by atoms with Crippen LogP contribution in [0.1, 0.15) is 59.7 Å². The molecule has 8 heteroatoms. The van der Waals surface area contributed by atoms with Crippen LogP contribution in [0.5, 0.6) is 0 Å². The van der Waals surface area contributed by atoms with Gasteiger partial charge < -0.3 is 25.6 Å². The summed E-state index contributed by atoms with van der Waals surface area (Å²) in [6.45, 7) is 3.02. The van der Waals surface area contributed by atoms with Gasteiger partial charge in [0.05, 0.1) is 18.8 Å². The van der Waals surface area contributed by atoms with Gasteiger partial charge in [-0.2, -0.15) is 0 Å². The lowest BCUT2D eigenvalue weighted by molar-refractivity contribution is -0.0588.